The van der Waals surface area contributed by atoms with Crippen molar-refractivity contribution in [2.45, 2.75) is 49.5 Å². The number of likely N-dealkylation sites (tertiary alicyclic amines) is 1. The third kappa shape index (κ3) is 4.65. The molecule has 27 heavy (non-hydrogen) atoms. The van der Waals surface area contributed by atoms with Crippen LogP contribution in [0.4, 0.5) is 0 Å². The van der Waals surface area contributed by atoms with E-state index in [1.54, 1.807) is 18.1 Å². The maximum absolute atomic E-state index is 13.1. The van der Waals surface area contributed by atoms with E-state index in [0.29, 0.717) is 31.7 Å². The van der Waals surface area contributed by atoms with E-state index in [2.05, 4.69) is 0 Å². The van der Waals surface area contributed by atoms with E-state index in [9.17, 15) is 13.2 Å². The van der Waals surface area contributed by atoms with Crippen molar-refractivity contribution in [3.8, 4) is 0 Å². The molecule has 3 rings (SSSR count). The maximum Gasteiger partial charge on any atom is 0.253 e. The largest absolute Gasteiger partial charge is 0.381 e. The Hall–Kier alpha value is -1.15. The number of benzene rings is 1. The number of nitrogens with zero attached hydrogens (tertiary/aromatic N) is 2. The number of carbonyl (C=O) groups is 1. The number of rotatable bonds is 4. The number of sulfonamides is 1. The lowest BCUT2D eigenvalue weighted by Gasteiger charge is -2.31. The number of carbonyl (C=O) groups excluding carboxylic acids is 1. The molecule has 0 spiro atoms. The Kier molecular flexibility index (Phi) is 6.78. The van der Waals surface area contributed by atoms with Gasteiger partial charge in [0.15, 0.2) is 0 Å². The first-order chi connectivity index (χ1) is 12.9. The first kappa shape index (κ1) is 20.6. The van der Waals surface area contributed by atoms with Gasteiger partial charge in [0.25, 0.3) is 5.91 Å². The molecular weight excluding hydrogens is 388 g/mol. The van der Waals surface area contributed by atoms with Crippen LogP contribution in [0.3, 0.4) is 0 Å². The molecule has 150 valence electrons. The Morgan fingerprint density at radius 1 is 1.07 bits per heavy atom. The highest BCUT2D eigenvalue weighted by atomic mass is 35.5. The van der Waals surface area contributed by atoms with Gasteiger partial charge < -0.3 is 9.64 Å². The first-order valence-corrected chi connectivity index (χ1v) is 11.4. The minimum Gasteiger partial charge on any atom is -0.381 e. The van der Waals surface area contributed by atoms with Gasteiger partial charge in [-0.05, 0) is 43.9 Å². The van der Waals surface area contributed by atoms with E-state index in [1.165, 1.54) is 16.4 Å². The number of amides is 1. The van der Waals surface area contributed by atoms with Gasteiger partial charge in [-0.25, -0.2) is 8.42 Å². The molecule has 2 aliphatic rings. The van der Waals surface area contributed by atoms with Crippen molar-refractivity contribution in [3.63, 3.8) is 0 Å². The second kappa shape index (κ2) is 8.90. The van der Waals surface area contributed by atoms with Crippen LogP contribution in [-0.4, -0.2) is 62.9 Å². The fourth-order valence-electron chi connectivity index (χ4n) is 3.73. The summed E-state index contributed by atoms with van der Waals surface area (Å²) in [6, 6.07) is 4.56. The Morgan fingerprint density at radius 3 is 2.30 bits per heavy atom. The molecule has 0 bridgehead atoms. The molecule has 2 aliphatic heterocycles. The van der Waals surface area contributed by atoms with Crippen molar-refractivity contribution < 1.29 is 17.9 Å². The average molecular weight is 415 g/mol. The summed E-state index contributed by atoms with van der Waals surface area (Å²) in [7, 11) is -2.02. The van der Waals surface area contributed by atoms with E-state index in [0.717, 1.165) is 38.5 Å². The van der Waals surface area contributed by atoms with Crippen LogP contribution in [0.2, 0.25) is 5.02 Å². The molecule has 0 radical (unpaired) electrons. The van der Waals surface area contributed by atoms with Crippen LogP contribution in [0.5, 0.6) is 0 Å². The van der Waals surface area contributed by atoms with Gasteiger partial charge in [-0.2, -0.15) is 4.31 Å². The molecule has 0 unspecified atom stereocenters. The molecular formula is C19H27ClN2O4S. The highest BCUT2D eigenvalue weighted by Crippen LogP contribution is 2.28. The highest BCUT2D eigenvalue weighted by molar-refractivity contribution is 7.89. The van der Waals surface area contributed by atoms with Gasteiger partial charge in [0.1, 0.15) is 4.90 Å². The fraction of sp³-hybridized carbons (Fsp3) is 0.632. The van der Waals surface area contributed by atoms with Crippen molar-refractivity contribution >= 4 is 27.5 Å². The summed E-state index contributed by atoms with van der Waals surface area (Å²) in [5.41, 5.74) is 0.365. The topological polar surface area (TPSA) is 66.9 Å². The quantitative estimate of drug-likeness (QED) is 0.759. The zero-order valence-electron chi connectivity index (χ0n) is 15.7. The molecule has 0 aliphatic carbocycles. The lowest BCUT2D eigenvalue weighted by Crippen LogP contribution is -2.40. The minimum atomic E-state index is -3.70. The zero-order valence-corrected chi connectivity index (χ0v) is 17.3. The number of ether oxygens (including phenoxy) is 1. The first-order valence-electron chi connectivity index (χ1n) is 9.55. The van der Waals surface area contributed by atoms with Crippen LogP contribution in [0.25, 0.3) is 0 Å². The Morgan fingerprint density at radius 2 is 1.70 bits per heavy atom. The van der Waals surface area contributed by atoms with Crippen LogP contribution in [-0.2, 0) is 14.8 Å². The summed E-state index contributed by atoms with van der Waals surface area (Å²) in [6.45, 7) is 2.21. The van der Waals surface area contributed by atoms with E-state index in [4.69, 9.17) is 16.3 Å². The molecule has 2 saturated heterocycles. The monoisotopic (exact) mass is 414 g/mol. The molecule has 1 amide bonds. The molecule has 0 aromatic heterocycles. The number of hydrogen-bond donors (Lipinski definition) is 0. The Balaban J connectivity index is 1.82. The number of piperidine rings is 1. The standard InChI is InChI=1S/C19H27ClN2O4S/c1-26-16-8-12-21(13-9-16)19(23)15-6-7-17(20)18(14-15)27(24,25)22-10-4-2-3-5-11-22/h6-7,14,16H,2-5,8-13H2,1H3. The van der Waals surface area contributed by atoms with Gasteiger partial charge in [-0.3, -0.25) is 4.79 Å². The highest BCUT2D eigenvalue weighted by Gasteiger charge is 2.29. The lowest BCUT2D eigenvalue weighted by molar-refractivity contribution is 0.0350. The van der Waals surface area contributed by atoms with Gasteiger partial charge in [-0.1, -0.05) is 24.4 Å². The molecule has 1 aromatic carbocycles. The van der Waals surface area contributed by atoms with Crippen LogP contribution in [0, 0.1) is 0 Å². The molecule has 2 fully saturated rings. The van der Waals surface area contributed by atoms with Crippen molar-refractivity contribution in [2.24, 2.45) is 0 Å². The number of methoxy groups -OCH3 is 1. The van der Waals surface area contributed by atoms with E-state index >= 15 is 0 Å². The van der Waals surface area contributed by atoms with Crippen LogP contribution < -0.4 is 0 Å². The SMILES string of the molecule is COC1CCN(C(=O)c2ccc(Cl)c(S(=O)(=O)N3CCCCCC3)c2)CC1. The van der Waals surface area contributed by atoms with Gasteiger partial charge in [-0.15, -0.1) is 0 Å². The van der Waals surface area contributed by atoms with Gasteiger partial charge in [0.05, 0.1) is 11.1 Å². The van der Waals surface area contributed by atoms with Crippen molar-refractivity contribution in [1.29, 1.82) is 0 Å². The van der Waals surface area contributed by atoms with Crippen molar-refractivity contribution in [3.05, 3.63) is 28.8 Å². The normalized spacial score (nSPS) is 20.4. The summed E-state index contributed by atoms with van der Waals surface area (Å²) in [5.74, 6) is -0.159. The molecule has 2 heterocycles. The zero-order chi connectivity index (χ0) is 19.4. The van der Waals surface area contributed by atoms with Gasteiger partial charge in [0, 0.05) is 38.9 Å². The predicted octanol–water partition coefficient (Wildman–Crippen LogP) is 3.16. The summed E-state index contributed by atoms with van der Waals surface area (Å²) in [6.07, 6.45) is 5.53. The molecule has 0 saturated carbocycles. The maximum atomic E-state index is 13.1. The second-order valence-corrected chi connectivity index (χ2v) is 9.50. The number of hydrogen-bond acceptors (Lipinski definition) is 4. The second-order valence-electron chi connectivity index (χ2n) is 7.19. The Bertz CT molecular complexity index is 768. The molecule has 8 heteroatoms. The van der Waals surface area contributed by atoms with E-state index in [1.807, 2.05) is 0 Å². The molecule has 0 N–H and O–H groups in total. The molecule has 6 nitrogen and oxygen atoms in total. The van der Waals surface area contributed by atoms with E-state index in [-0.39, 0.29) is 21.9 Å². The van der Waals surface area contributed by atoms with Crippen LogP contribution in [0.15, 0.2) is 23.1 Å². The summed E-state index contributed by atoms with van der Waals surface area (Å²) in [5, 5.41) is 0.161. The summed E-state index contributed by atoms with van der Waals surface area (Å²) < 4.78 is 33.0. The Labute approximate surface area is 166 Å². The van der Waals surface area contributed by atoms with Crippen LogP contribution >= 0.6 is 11.6 Å². The fourth-order valence-corrected chi connectivity index (χ4v) is 5.75. The third-order valence-electron chi connectivity index (χ3n) is 5.42. The smallest absolute Gasteiger partial charge is 0.253 e. The van der Waals surface area contributed by atoms with Gasteiger partial charge >= 0.3 is 0 Å². The summed E-state index contributed by atoms with van der Waals surface area (Å²) in [4.78, 5) is 14.6. The third-order valence-corrected chi connectivity index (χ3v) is 7.80. The number of halogens is 1. The summed E-state index contributed by atoms with van der Waals surface area (Å²) >= 11 is 6.22. The average Bonchev–Trinajstić information content (AvgIpc) is 2.98. The molecule has 0 atom stereocenters. The van der Waals surface area contributed by atoms with Crippen molar-refractivity contribution in [1.82, 2.24) is 9.21 Å². The van der Waals surface area contributed by atoms with Gasteiger partial charge in [0.2, 0.25) is 10.0 Å². The molecule has 1 aromatic rings. The van der Waals surface area contributed by atoms with E-state index < -0.39 is 10.0 Å². The predicted molar refractivity (Wildman–Crippen MR) is 105 cm³/mol. The minimum absolute atomic E-state index is 0.0312. The van der Waals surface area contributed by atoms with Crippen molar-refractivity contribution in [2.75, 3.05) is 33.3 Å². The van der Waals surface area contributed by atoms with Crippen LogP contribution in [0.1, 0.15) is 48.9 Å². The lowest BCUT2D eigenvalue weighted by atomic mass is 10.1.